The first kappa shape index (κ1) is 12.6. The third kappa shape index (κ3) is 2.53. The molecule has 3 unspecified atom stereocenters. The Bertz CT molecular complexity index is 414. The zero-order valence-electron chi connectivity index (χ0n) is 11.3. The molecule has 2 heteroatoms. The molecule has 2 rings (SSSR count). The molecule has 2 nitrogen and oxygen atoms in total. The van der Waals surface area contributed by atoms with E-state index in [9.17, 15) is 0 Å². The van der Waals surface area contributed by atoms with Crippen molar-refractivity contribution in [2.24, 2.45) is 5.73 Å². The molecule has 1 aromatic carbocycles. The van der Waals surface area contributed by atoms with Crippen LogP contribution >= 0.6 is 0 Å². The van der Waals surface area contributed by atoms with E-state index in [0.717, 1.165) is 12.8 Å². The van der Waals surface area contributed by atoms with Gasteiger partial charge in [-0.3, -0.25) is 0 Å². The van der Waals surface area contributed by atoms with E-state index in [0.29, 0.717) is 6.10 Å². The molecule has 0 aromatic heterocycles. The average Bonchev–Trinajstić information content (AvgIpc) is 2.69. The van der Waals surface area contributed by atoms with E-state index in [2.05, 4.69) is 39.8 Å². The van der Waals surface area contributed by atoms with Gasteiger partial charge < -0.3 is 10.5 Å². The molecule has 1 aromatic rings. The van der Waals surface area contributed by atoms with Gasteiger partial charge in [-0.15, -0.1) is 0 Å². The van der Waals surface area contributed by atoms with Crippen molar-refractivity contribution in [1.29, 1.82) is 0 Å². The fraction of sp³-hybridized carbons (Fsp3) is 0.600. The zero-order valence-corrected chi connectivity index (χ0v) is 11.3. The quantitative estimate of drug-likeness (QED) is 0.851. The van der Waals surface area contributed by atoms with Crippen LogP contribution in [-0.4, -0.2) is 12.2 Å². The standard InChI is InChI=1S/C15H23NO/c1-9-7-11(3)13(8-10(9)2)15(16)14-6-5-12(4)17-14/h7-8,12,14-15H,5-6,16H2,1-4H3. The van der Waals surface area contributed by atoms with E-state index < -0.39 is 0 Å². The minimum absolute atomic E-state index is 0.0132. The molecule has 0 saturated carbocycles. The summed E-state index contributed by atoms with van der Waals surface area (Å²) in [4.78, 5) is 0. The van der Waals surface area contributed by atoms with Gasteiger partial charge in [0.05, 0.1) is 18.2 Å². The smallest absolute Gasteiger partial charge is 0.0772 e. The van der Waals surface area contributed by atoms with E-state index >= 15 is 0 Å². The van der Waals surface area contributed by atoms with Crippen LogP contribution in [0.3, 0.4) is 0 Å². The van der Waals surface area contributed by atoms with Crippen LogP contribution in [0.1, 0.15) is 48.1 Å². The van der Waals surface area contributed by atoms with E-state index in [-0.39, 0.29) is 12.1 Å². The molecule has 17 heavy (non-hydrogen) atoms. The summed E-state index contributed by atoms with van der Waals surface area (Å²) in [5, 5.41) is 0. The van der Waals surface area contributed by atoms with Gasteiger partial charge in [0.25, 0.3) is 0 Å². The molecular formula is C15H23NO. The summed E-state index contributed by atoms with van der Waals surface area (Å²) in [7, 11) is 0. The largest absolute Gasteiger partial charge is 0.373 e. The Balaban J connectivity index is 2.24. The Morgan fingerprint density at radius 1 is 1.12 bits per heavy atom. The Kier molecular flexibility index (Phi) is 3.55. The SMILES string of the molecule is Cc1cc(C)c(C(N)C2CCC(C)O2)cc1C. The molecule has 0 aliphatic carbocycles. The van der Waals surface area contributed by atoms with Gasteiger partial charge in [0.2, 0.25) is 0 Å². The molecule has 0 radical (unpaired) electrons. The molecule has 2 N–H and O–H groups in total. The highest BCUT2D eigenvalue weighted by atomic mass is 16.5. The Morgan fingerprint density at radius 2 is 1.76 bits per heavy atom. The van der Waals surface area contributed by atoms with Crippen molar-refractivity contribution in [3.8, 4) is 0 Å². The lowest BCUT2D eigenvalue weighted by molar-refractivity contribution is 0.0400. The number of nitrogens with two attached hydrogens (primary N) is 1. The first-order valence-electron chi connectivity index (χ1n) is 6.48. The first-order chi connectivity index (χ1) is 7.99. The van der Waals surface area contributed by atoms with Crippen LogP contribution in [0.5, 0.6) is 0 Å². The fourth-order valence-electron chi connectivity index (χ4n) is 2.64. The summed E-state index contributed by atoms with van der Waals surface area (Å²) >= 11 is 0. The van der Waals surface area contributed by atoms with Gasteiger partial charge in [0.1, 0.15) is 0 Å². The minimum Gasteiger partial charge on any atom is -0.373 e. The number of hydrogen-bond acceptors (Lipinski definition) is 2. The number of aryl methyl sites for hydroxylation is 3. The Hall–Kier alpha value is -0.860. The highest BCUT2D eigenvalue weighted by Gasteiger charge is 2.29. The number of hydrogen-bond donors (Lipinski definition) is 1. The molecule has 0 spiro atoms. The van der Waals surface area contributed by atoms with E-state index in [1.54, 1.807) is 0 Å². The van der Waals surface area contributed by atoms with Gasteiger partial charge in [-0.05, 0) is 62.8 Å². The van der Waals surface area contributed by atoms with Crippen molar-refractivity contribution < 1.29 is 4.74 Å². The highest BCUT2D eigenvalue weighted by molar-refractivity contribution is 5.38. The maximum absolute atomic E-state index is 6.36. The zero-order chi connectivity index (χ0) is 12.6. The van der Waals surface area contributed by atoms with Crippen molar-refractivity contribution in [1.82, 2.24) is 0 Å². The van der Waals surface area contributed by atoms with Crippen molar-refractivity contribution in [2.75, 3.05) is 0 Å². The summed E-state index contributed by atoms with van der Waals surface area (Å²) in [6.07, 6.45) is 2.75. The van der Waals surface area contributed by atoms with Gasteiger partial charge in [0.15, 0.2) is 0 Å². The lowest BCUT2D eigenvalue weighted by atomic mass is 9.92. The molecule has 1 fully saturated rings. The molecule has 3 atom stereocenters. The van der Waals surface area contributed by atoms with Crippen molar-refractivity contribution >= 4 is 0 Å². The minimum atomic E-state index is 0.0132. The summed E-state index contributed by atoms with van der Waals surface area (Å²) in [5.41, 5.74) is 11.5. The van der Waals surface area contributed by atoms with Crippen LogP contribution in [0.25, 0.3) is 0 Å². The third-order valence-corrected chi connectivity index (χ3v) is 3.91. The number of ether oxygens (including phenoxy) is 1. The summed E-state index contributed by atoms with van der Waals surface area (Å²) in [6, 6.07) is 4.46. The maximum atomic E-state index is 6.36. The molecule has 1 aliphatic heterocycles. The lowest BCUT2D eigenvalue weighted by Gasteiger charge is -2.22. The number of rotatable bonds is 2. The predicted octanol–water partition coefficient (Wildman–Crippen LogP) is 3.18. The van der Waals surface area contributed by atoms with Crippen LogP contribution in [-0.2, 0) is 4.74 Å². The van der Waals surface area contributed by atoms with Crippen molar-refractivity contribution in [3.05, 3.63) is 34.4 Å². The van der Waals surface area contributed by atoms with Crippen LogP contribution in [0.2, 0.25) is 0 Å². The monoisotopic (exact) mass is 233 g/mol. The predicted molar refractivity (Wildman–Crippen MR) is 71.2 cm³/mol. The molecule has 1 heterocycles. The lowest BCUT2D eigenvalue weighted by Crippen LogP contribution is -2.27. The van der Waals surface area contributed by atoms with Gasteiger partial charge in [0, 0.05) is 0 Å². The van der Waals surface area contributed by atoms with Crippen LogP contribution in [0.4, 0.5) is 0 Å². The third-order valence-electron chi connectivity index (χ3n) is 3.91. The van der Waals surface area contributed by atoms with E-state index in [4.69, 9.17) is 10.5 Å². The van der Waals surface area contributed by atoms with Crippen molar-refractivity contribution in [3.63, 3.8) is 0 Å². The van der Waals surface area contributed by atoms with Gasteiger partial charge in [-0.1, -0.05) is 12.1 Å². The Labute approximate surface area is 104 Å². The first-order valence-corrected chi connectivity index (χ1v) is 6.48. The van der Waals surface area contributed by atoms with Crippen LogP contribution < -0.4 is 5.73 Å². The average molecular weight is 233 g/mol. The topological polar surface area (TPSA) is 35.2 Å². The van der Waals surface area contributed by atoms with E-state index in [1.165, 1.54) is 22.3 Å². The van der Waals surface area contributed by atoms with Gasteiger partial charge in [-0.25, -0.2) is 0 Å². The normalized spacial score (nSPS) is 26.2. The maximum Gasteiger partial charge on any atom is 0.0772 e. The molecule has 0 bridgehead atoms. The van der Waals surface area contributed by atoms with Gasteiger partial charge >= 0.3 is 0 Å². The highest BCUT2D eigenvalue weighted by Crippen LogP contribution is 2.31. The van der Waals surface area contributed by atoms with Crippen LogP contribution in [0.15, 0.2) is 12.1 Å². The molecule has 0 amide bonds. The fourth-order valence-corrected chi connectivity index (χ4v) is 2.64. The Morgan fingerprint density at radius 3 is 2.35 bits per heavy atom. The van der Waals surface area contributed by atoms with Crippen molar-refractivity contribution in [2.45, 2.75) is 58.8 Å². The number of benzene rings is 1. The second-order valence-electron chi connectivity index (χ2n) is 5.38. The molecule has 94 valence electrons. The van der Waals surface area contributed by atoms with Crippen LogP contribution in [0, 0.1) is 20.8 Å². The molecule has 1 aliphatic rings. The summed E-state index contributed by atoms with van der Waals surface area (Å²) in [5.74, 6) is 0. The summed E-state index contributed by atoms with van der Waals surface area (Å²) < 4.78 is 5.88. The second-order valence-corrected chi connectivity index (χ2v) is 5.38. The van der Waals surface area contributed by atoms with E-state index in [1.807, 2.05) is 0 Å². The molecular weight excluding hydrogens is 210 g/mol. The second kappa shape index (κ2) is 4.79. The summed E-state index contributed by atoms with van der Waals surface area (Å²) in [6.45, 7) is 8.55. The molecule has 1 saturated heterocycles. The van der Waals surface area contributed by atoms with Gasteiger partial charge in [-0.2, -0.15) is 0 Å².